The first-order chi connectivity index (χ1) is 22.7. The third-order valence-electron chi connectivity index (χ3n) is 9.40. The first-order valence-electron chi connectivity index (χ1n) is 15.6. The molecule has 0 saturated heterocycles. The van der Waals surface area contributed by atoms with Gasteiger partial charge in [0.05, 0.1) is 5.56 Å². The smallest absolute Gasteiger partial charge is 0.338 e. The van der Waals surface area contributed by atoms with Crippen LogP contribution in [0.25, 0.3) is 49.2 Å². The third kappa shape index (κ3) is 4.09. The van der Waals surface area contributed by atoms with Crippen molar-refractivity contribution in [2.24, 2.45) is 0 Å². The van der Waals surface area contributed by atoms with Crippen LogP contribution in [0, 0.1) is 0 Å². The maximum absolute atomic E-state index is 13.4. The van der Waals surface area contributed by atoms with Gasteiger partial charge in [0, 0.05) is 16.7 Å². The van der Waals surface area contributed by atoms with Crippen molar-refractivity contribution in [2.45, 2.75) is 12.2 Å². The molecule has 1 heterocycles. The number of hydrogen-bond donors (Lipinski definition) is 0. The molecule has 8 aromatic rings. The Morgan fingerprint density at radius 3 is 1.96 bits per heavy atom. The maximum atomic E-state index is 13.4. The van der Waals surface area contributed by atoms with E-state index in [4.69, 9.17) is 9.47 Å². The lowest BCUT2D eigenvalue weighted by atomic mass is 9.83. The molecule has 0 amide bonds. The summed E-state index contributed by atoms with van der Waals surface area (Å²) in [4.78, 5) is 13.4. The first-order valence-corrected chi connectivity index (χ1v) is 15.6. The van der Waals surface area contributed by atoms with Crippen LogP contribution in [0.4, 0.5) is 0 Å². The Morgan fingerprint density at radius 1 is 0.587 bits per heavy atom. The molecule has 0 radical (unpaired) electrons. The molecule has 0 fully saturated rings. The molecular formula is C43H28O3. The monoisotopic (exact) mass is 592 g/mol. The predicted octanol–water partition coefficient (Wildman–Crippen LogP) is 10.4. The van der Waals surface area contributed by atoms with Crippen molar-refractivity contribution in [3.05, 3.63) is 179 Å². The molecule has 0 atom stereocenters. The maximum Gasteiger partial charge on any atom is 0.338 e. The summed E-state index contributed by atoms with van der Waals surface area (Å²) in [5.41, 5.74) is 3.90. The normalized spacial score (nSPS) is 13.7. The zero-order chi connectivity index (χ0) is 30.7. The van der Waals surface area contributed by atoms with Gasteiger partial charge < -0.3 is 9.47 Å². The van der Waals surface area contributed by atoms with Gasteiger partial charge in [-0.2, -0.15) is 0 Å². The zero-order valence-corrected chi connectivity index (χ0v) is 24.9. The minimum absolute atomic E-state index is 0.201. The van der Waals surface area contributed by atoms with Crippen LogP contribution in [-0.2, 0) is 16.9 Å². The highest BCUT2D eigenvalue weighted by atomic mass is 16.5. The number of hydrogen-bond acceptors (Lipinski definition) is 3. The Balaban J connectivity index is 1.02. The van der Waals surface area contributed by atoms with Crippen LogP contribution in [0.3, 0.4) is 0 Å². The average Bonchev–Trinajstić information content (AvgIpc) is 3.13. The molecule has 3 heteroatoms. The molecular weight excluding hydrogens is 564 g/mol. The molecule has 0 unspecified atom stereocenters. The van der Waals surface area contributed by atoms with Crippen LogP contribution in [-0.4, -0.2) is 5.97 Å². The number of benzene rings is 8. The molecule has 3 nitrogen and oxygen atoms in total. The lowest BCUT2D eigenvalue weighted by molar-refractivity contribution is 0.0474. The summed E-state index contributed by atoms with van der Waals surface area (Å²) in [6, 6.07) is 49.6. The van der Waals surface area contributed by atoms with Gasteiger partial charge in [0.2, 0.25) is 0 Å². The molecule has 8 aromatic carbocycles. The average molecular weight is 593 g/mol. The number of carbonyl (C=O) groups excluding carboxylic acids is 1. The van der Waals surface area contributed by atoms with E-state index in [0.717, 1.165) is 44.2 Å². The quantitative estimate of drug-likeness (QED) is 0.147. The van der Waals surface area contributed by atoms with E-state index in [2.05, 4.69) is 91.0 Å². The van der Waals surface area contributed by atoms with E-state index in [1.165, 1.54) is 26.9 Å². The Morgan fingerprint density at radius 2 is 1.22 bits per heavy atom. The fourth-order valence-corrected chi connectivity index (χ4v) is 7.13. The van der Waals surface area contributed by atoms with Crippen molar-refractivity contribution in [3.63, 3.8) is 0 Å². The Bertz CT molecular complexity index is 2400. The topological polar surface area (TPSA) is 35.5 Å². The number of carbonyl (C=O) groups is 1. The second-order valence-electron chi connectivity index (χ2n) is 12.0. The SMILES string of the molecule is O=C(OCc1ccc2ccc3cccc4ccc1c2c34)c1ccc2c3c(ccc2c1)OC(c1ccccc1)(c1ccccc1)C=C3. The number of ether oxygens (including phenoxy) is 2. The van der Waals surface area contributed by atoms with Crippen LogP contribution in [0.2, 0.25) is 0 Å². The Labute approximate surface area is 266 Å². The van der Waals surface area contributed by atoms with Crippen molar-refractivity contribution in [1.82, 2.24) is 0 Å². The van der Waals surface area contributed by atoms with E-state index in [9.17, 15) is 4.79 Å². The standard InChI is InChI=1S/C43H28O3/c44-42(45-27-33-17-16-30-15-14-28-8-7-9-29-18-22-37(33)41(30)40(28)29)32-19-21-36-31(26-32)20-23-39-38(36)24-25-43(46-39,34-10-3-1-4-11-34)35-12-5-2-6-13-35/h1-26H,27H2. The van der Waals surface area contributed by atoms with Gasteiger partial charge in [0.1, 0.15) is 12.4 Å². The minimum atomic E-state index is -0.738. The van der Waals surface area contributed by atoms with E-state index in [1.807, 2.05) is 66.7 Å². The molecule has 218 valence electrons. The zero-order valence-electron chi connectivity index (χ0n) is 24.9. The number of rotatable bonds is 5. The van der Waals surface area contributed by atoms with Crippen LogP contribution in [0.15, 0.2) is 152 Å². The molecule has 9 rings (SSSR count). The second-order valence-corrected chi connectivity index (χ2v) is 12.0. The van der Waals surface area contributed by atoms with Crippen LogP contribution in [0.5, 0.6) is 5.75 Å². The van der Waals surface area contributed by atoms with Gasteiger partial charge in [-0.1, -0.05) is 127 Å². The lowest BCUT2D eigenvalue weighted by Gasteiger charge is -2.36. The number of fused-ring (bicyclic) bond motifs is 3. The van der Waals surface area contributed by atoms with Gasteiger partial charge in [0.25, 0.3) is 0 Å². The minimum Gasteiger partial charge on any atom is -0.473 e. The largest absolute Gasteiger partial charge is 0.473 e. The highest BCUT2D eigenvalue weighted by molar-refractivity contribution is 6.23. The lowest BCUT2D eigenvalue weighted by Crippen LogP contribution is -2.34. The fourth-order valence-electron chi connectivity index (χ4n) is 7.13. The van der Waals surface area contributed by atoms with Crippen molar-refractivity contribution in [1.29, 1.82) is 0 Å². The van der Waals surface area contributed by atoms with E-state index in [0.29, 0.717) is 5.56 Å². The third-order valence-corrected chi connectivity index (χ3v) is 9.40. The molecule has 0 bridgehead atoms. The summed E-state index contributed by atoms with van der Waals surface area (Å²) in [6.07, 6.45) is 4.28. The van der Waals surface area contributed by atoms with Crippen molar-refractivity contribution in [3.8, 4) is 5.75 Å². The Hall–Kier alpha value is -5.93. The van der Waals surface area contributed by atoms with E-state index in [1.54, 1.807) is 0 Å². The molecule has 0 N–H and O–H groups in total. The predicted molar refractivity (Wildman–Crippen MR) is 187 cm³/mol. The van der Waals surface area contributed by atoms with E-state index in [-0.39, 0.29) is 12.6 Å². The molecule has 0 aliphatic carbocycles. The highest BCUT2D eigenvalue weighted by Crippen LogP contribution is 2.44. The summed E-state index contributed by atoms with van der Waals surface area (Å²) < 4.78 is 12.8. The van der Waals surface area contributed by atoms with Crippen molar-refractivity contribution >= 4 is 55.1 Å². The van der Waals surface area contributed by atoms with Crippen molar-refractivity contribution < 1.29 is 14.3 Å². The molecule has 0 saturated carbocycles. The van der Waals surface area contributed by atoms with Crippen LogP contribution >= 0.6 is 0 Å². The number of esters is 1. The van der Waals surface area contributed by atoms with Gasteiger partial charge >= 0.3 is 5.97 Å². The molecule has 0 aromatic heterocycles. The Kier molecular flexibility index (Phi) is 5.94. The molecule has 1 aliphatic heterocycles. The molecule has 1 aliphatic rings. The molecule has 0 spiro atoms. The van der Waals surface area contributed by atoms with Crippen LogP contribution in [0.1, 0.15) is 32.6 Å². The second kappa shape index (κ2) is 10.3. The summed E-state index contributed by atoms with van der Waals surface area (Å²) in [5.74, 6) is 0.455. The first kappa shape index (κ1) is 26.5. The van der Waals surface area contributed by atoms with Gasteiger partial charge in [-0.05, 0) is 79.0 Å². The van der Waals surface area contributed by atoms with E-state index >= 15 is 0 Å². The summed E-state index contributed by atoms with van der Waals surface area (Å²) in [6.45, 7) is 0.201. The fraction of sp³-hybridized carbons (Fsp3) is 0.0465. The molecule has 46 heavy (non-hydrogen) atoms. The summed E-state index contributed by atoms with van der Waals surface area (Å²) >= 11 is 0. The van der Waals surface area contributed by atoms with Crippen LogP contribution < -0.4 is 4.74 Å². The van der Waals surface area contributed by atoms with Gasteiger partial charge in [-0.15, -0.1) is 0 Å². The highest BCUT2D eigenvalue weighted by Gasteiger charge is 2.37. The van der Waals surface area contributed by atoms with Crippen molar-refractivity contribution in [2.75, 3.05) is 0 Å². The van der Waals surface area contributed by atoms with Gasteiger partial charge in [-0.3, -0.25) is 0 Å². The van der Waals surface area contributed by atoms with Gasteiger partial charge in [-0.25, -0.2) is 4.79 Å². The summed E-state index contributed by atoms with van der Waals surface area (Å²) in [7, 11) is 0. The van der Waals surface area contributed by atoms with Gasteiger partial charge in [0.15, 0.2) is 5.60 Å². The van der Waals surface area contributed by atoms with E-state index < -0.39 is 5.60 Å². The summed E-state index contributed by atoms with van der Waals surface area (Å²) in [5, 5.41) is 9.19.